The van der Waals surface area contributed by atoms with Gasteiger partial charge in [0.05, 0.1) is 0 Å². The number of carbonyl (C=O) groups excluding carboxylic acids is 1. The Morgan fingerprint density at radius 2 is 2.20 bits per heavy atom. The first-order chi connectivity index (χ1) is 9.74. The molecule has 1 aliphatic carbocycles. The molecule has 1 fully saturated rings. The number of nitrogens with one attached hydrogen (secondary N) is 2. The maximum atomic E-state index is 12.0. The molecule has 1 heterocycles. The van der Waals surface area contributed by atoms with Crippen LogP contribution >= 0.6 is 0 Å². The molecule has 0 saturated heterocycles. The molecule has 0 radical (unpaired) electrons. The second-order valence-electron chi connectivity index (χ2n) is 5.67. The third-order valence-corrected chi connectivity index (χ3v) is 4.21. The van der Waals surface area contributed by atoms with Crippen LogP contribution in [-0.4, -0.2) is 23.5 Å². The third-order valence-electron chi connectivity index (χ3n) is 4.21. The van der Waals surface area contributed by atoms with Gasteiger partial charge in [0.2, 0.25) is 5.91 Å². The van der Waals surface area contributed by atoms with Crippen LogP contribution in [0.25, 0.3) is 10.9 Å². The van der Waals surface area contributed by atoms with Crippen molar-refractivity contribution in [2.45, 2.75) is 31.7 Å². The van der Waals surface area contributed by atoms with Crippen molar-refractivity contribution in [2.24, 2.45) is 11.7 Å². The molecule has 3 rings (SSSR count). The minimum absolute atomic E-state index is 0.118. The zero-order valence-electron chi connectivity index (χ0n) is 11.6. The van der Waals surface area contributed by atoms with Crippen LogP contribution in [0.4, 0.5) is 0 Å². The highest BCUT2D eigenvalue weighted by molar-refractivity contribution is 5.83. The molecular weight excluding hydrogens is 250 g/mol. The zero-order chi connectivity index (χ0) is 13.9. The van der Waals surface area contributed by atoms with Crippen molar-refractivity contribution < 1.29 is 4.79 Å². The standard InChI is InChI=1S/C16H21N3O/c17-13-6-5-11(9-13)16(20)18-8-7-12-10-19-15-4-2-1-3-14(12)15/h1-4,10-11,13,19H,5-9,17H2,(H,18,20). The summed E-state index contributed by atoms with van der Waals surface area (Å²) in [6.45, 7) is 0.687. The number of hydrogen-bond acceptors (Lipinski definition) is 2. The largest absolute Gasteiger partial charge is 0.361 e. The number of rotatable bonds is 4. The minimum Gasteiger partial charge on any atom is -0.361 e. The maximum absolute atomic E-state index is 12.0. The van der Waals surface area contributed by atoms with E-state index in [-0.39, 0.29) is 17.9 Å². The highest BCUT2D eigenvalue weighted by atomic mass is 16.1. The summed E-state index contributed by atoms with van der Waals surface area (Å²) < 4.78 is 0. The van der Waals surface area contributed by atoms with E-state index in [2.05, 4.69) is 22.4 Å². The van der Waals surface area contributed by atoms with E-state index in [1.165, 1.54) is 10.9 Å². The second-order valence-corrected chi connectivity index (χ2v) is 5.67. The summed E-state index contributed by atoms with van der Waals surface area (Å²) in [5.41, 5.74) is 8.25. The summed E-state index contributed by atoms with van der Waals surface area (Å²) in [5, 5.41) is 4.28. The van der Waals surface area contributed by atoms with E-state index in [1.807, 2.05) is 18.3 Å². The summed E-state index contributed by atoms with van der Waals surface area (Å²) in [6, 6.07) is 8.45. The Morgan fingerprint density at radius 1 is 1.35 bits per heavy atom. The Bertz CT molecular complexity index is 605. The average molecular weight is 271 g/mol. The number of para-hydroxylation sites is 1. The van der Waals surface area contributed by atoms with Crippen LogP contribution in [0.2, 0.25) is 0 Å². The average Bonchev–Trinajstić information content (AvgIpc) is 3.06. The number of aromatic nitrogens is 1. The molecule has 2 atom stereocenters. The Labute approximate surface area is 118 Å². The molecule has 4 heteroatoms. The number of nitrogens with two attached hydrogens (primary N) is 1. The summed E-state index contributed by atoms with van der Waals surface area (Å²) in [7, 11) is 0. The van der Waals surface area contributed by atoms with E-state index in [9.17, 15) is 4.79 Å². The molecule has 1 aromatic heterocycles. The Morgan fingerprint density at radius 3 is 3.00 bits per heavy atom. The smallest absolute Gasteiger partial charge is 0.223 e. The van der Waals surface area contributed by atoms with Crippen molar-refractivity contribution >= 4 is 16.8 Å². The van der Waals surface area contributed by atoms with Crippen molar-refractivity contribution in [2.75, 3.05) is 6.54 Å². The molecule has 2 unspecified atom stereocenters. The second kappa shape index (κ2) is 5.67. The fourth-order valence-electron chi connectivity index (χ4n) is 3.06. The Kier molecular flexibility index (Phi) is 3.74. The van der Waals surface area contributed by atoms with Crippen LogP contribution < -0.4 is 11.1 Å². The predicted octanol–water partition coefficient (Wildman–Crippen LogP) is 1.95. The fraction of sp³-hybridized carbons (Fsp3) is 0.438. The van der Waals surface area contributed by atoms with Gasteiger partial charge in [-0.3, -0.25) is 4.79 Å². The molecule has 1 amide bonds. The normalized spacial score (nSPS) is 22.2. The van der Waals surface area contributed by atoms with Crippen molar-refractivity contribution in [3.8, 4) is 0 Å². The summed E-state index contributed by atoms with van der Waals surface area (Å²) >= 11 is 0. The van der Waals surface area contributed by atoms with Crippen molar-refractivity contribution in [3.05, 3.63) is 36.0 Å². The molecule has 1 saturated carbocycles. The number of H-pyrrole nitrogens is 1. The fourth-order valence-corrected chi connectivity index (χ4v) is 3.06. The molecule has 20 heavy (non-hydrogen) atoms. The first kappa shape index (κ1) is 13.2. The number of aromatic amines is 1. The van der Waals surface area contributed by atoms with Gasteiger partial charge >= 0.3 is 0 Å². The summed E-state index contributed by atoms with van der Waals surface area (Å²) in [5.74, 6) is 0.283. The summed E-state index contributed by atoms with van der Waals surface area (Å²) in [6.07, 6.45) is 5.62. The molecule has 4 N–H and O–H groups in total. The van der Waals surface area contributed by atoms with Gasteiger partial charge in [-0.15, -0.1) is 0 Å². The topological polar surface area (TPSA) is 70.9 Å². The first-order valence-electron chi connectivity index (χ1n) is 7.32. The Balaban J connectivity index is 1.54. The molecule has 106 valence electrons. The molecule has 0 aliphatic heterocycles. The van der Waals surface area contributed by atoms with Gasteiger partial charge in [-0.2, -0.15) is 0 Å². The van der Waals surface area contributed by atoms with Crippen molar-refractivity contribution in [1.82, 2.24) is 10.3 Å². The number of benzene rings is 1. The van der Waals surface area contributed by atoms with Gasteiger partial charge < -0.3 is 16.0 Å². The van der Waals surface area contributed by atoms with Gasteiger partial charge in [-0.1, -0.05) is 18.2 Å². The number of fused-ring (bicyclic) bond motifs is 1. The molecule has 1 aromatic carbocycles. The molecule has 1 aliphatic rings. The molecule has 0 spiro atoms. The van der Waals surface area contributed by atoms with Crippen LogP contribution in [0.5, 0.6) is 0 Å². The third kappa shape index (κ3) is 2.70. The lowest BCUT2D eigenvalue weighted by Crippen LogP contribution is -2.31. The van der Waals surface area contributed by atoms with Gasteiger partial charge in [0.25, 0.3) is 0 Å². The highest BCUT2D eigenvalue weighted by Crippen LogP contribution is 2.24. The molecule has 2 aromatic rings. The van der Waals surface area contributed by atoms with E-state index in [0.29, 0.717) is 6.54 Å². The quantitative estimate of drug-likeness (QED) is 0.795. The lowest BCUT2D eigenvalue weighted by molar-refractivity contribution is -0.124. The van der Waals surface area contributed by atoms with Gasteiger partial charge in [0, 0.05) is 35.6 Å². The predicted molar refractivity (Wildman–Crippen MR) is 80.3 cm³/mol. The molecule has 0 bridgehead atoms. The van der Waals surface area contributed by atoms with Gasteiger partial charge in [0.1, 0.15) is 0 Å². The van der Waals surface area contributed by atoms with Crippen LogP contribution in [0, 0.1) is 5.92 Å². The number of amides is 1. The van der Waals surface area contributed by atoms with Crippen LogP contribution in [0.1, 0.15) is 24.8 Å². The number of carbonyl (C=O) groups is 1. The monoisotopic (exact) mass is 271 g/mol. The number of hydrogen-bond donors (Lipinski definition) is 3. The van der Waals surface area contributed by atoms with Gasteiger partial charge in [-0.05, 0) is 37.3 Å². The van der Waals surface area contributed by atoms with Crippen LogP contribution in [0.15, 0.2) is 30.5 Å². The molecular formula is C16H21N3O. The van der Waals surface area contributed by atoms with Gasteiger partial charge in [-0.25, -0.2) is 0 Å². The van der Waals surface area contributed by atoms with E-state index in [0.717, 1.165) is 31.2 Å². The van der Waals surface area contributed by atoms with E-state index in [1.54, 1.807) is 0 Å². The SMILES string of the molecule is NC1CCC(C(=O)NCCc2c[nH]c3ccccc23)C1. The van der Waals surface area contributed by atoms with Crippen molar-refractivity contribution in [1.29, 1.82) is 0 Å². The zero-order valence-corrected chi connectivity index (χ0v) is 11.6. The summed E-state index contributed by atoms with van der Waals surface area (Å²) in [4.78, 5) is 15.3. The van der Waals surface area contributed by atoms with Crippen LogP contribution in [-0.2, 0) is 11.2 Å². The highest BCUT2D eigenvalue weighted by Gasteiger charge is 2.27. The van der Waals surface area contributed by atoms with E-state index >= 15 is 0 Å². The van der Waals surface area contributed by atoms with Gasteiger partial charge in [0.15, 0.2) is 0 Å². The van der Waals surface area contributed by atoms with E-state index in [4.69, 9.17) is 5.73 Å². The van der Waals surface area contributed by atoms with Crippen molar-refractivity contribution in [3.63, 3.8) is 0 Å². The minimum atomic E-state index is 0.118. The van der Waals surface area contributed by atoms with E-state index < -0.39 is 0 Å². The van der Waals surface area contributed by atoms with Crippen LogP contribution in [0.3, 0.4) is 0 Å². The lowest BCUT2D eigenvalue weighted by atomic mass is 10.1. The maximum Gasteiger partial charge on any atom is 0.223 e. The molecule has 4 nitrogen and oxygen atoms in total. The lowest BCUT2D eigenvalue weighted by Gasteiger charge is -2.10. The Hall–Kier alpha value is -1.81. The first-order valence-corrected chi connectivity index (χ1v) is 7.32.